The van der Waals surface area contributed by atoms with E-state index in [0.717, 1.165) is 17.4 Å². The summed E-state index contributed by atoms with van der Waals surface area (Å²) in [7, 11) is -3.64. The van der Waals surface area contributed by atoms with E-state index in [2.05, 4.69) is 0 Å². The van der Waals surface area contributed by atoms with Crippen LogP contribution in [0.4, 0.5) is 0 Å². The van der Waals surface area contributed by atoms with E-state index in [-0.39, 0.29) is 11.5 Å². The second kappa shape index (κ2) is 7.49. The monoisotopic (exact) mass is 347 g/mol. The number of benzene rings is 2. The van der Waals surface area contributed by atoms with Crippen LogP contribution >= 0.6 is 0 Å². The van der Waals surface area contributed by atoms with Gasteiger partial charge in [0.25, 0.3) is 5.91 Å². The molecule has 0 unspecified atom stereocenters. The quantitative estimate of drug-likeness (QED) is 0.871. The van der Waals surface area contributed by atoms with Crippen LogP contribution in [0.1, 0.15) is 24.2 Å². The fraction of sp³-hybridized carbons (Fsp3) is 0.278. The average molecular weight is 347 g/mol. The molecule has 5 nitrogen and oxygen atoms in total. The molecule has 0 aliphatic heterocycles. The zero-order valence-corrected chi connectivity index (χ0v) is 14.8. The number of carbonyl (C=O) groups excluding carboxylic acids is 1. The van der Waals surface area contributed by atoms with Crippen LogP contribution in [-0.2, 0) is 10.0 Å². The molecule has 24 heavy (non-hydrogen) atoms. The number of sulfonamides is 1. The van der Waals surface area contributed by atoms with Gasteiger partial charge in [-0.25, -0.2) is 13.1 Å². The van der Waals surface area contributed by atoms with E-state index in [1.54, 1.807) is 18.2 Å². The van der Waals surface area contributed by atoms with Crippen molar-refractivity contribution in [2.75, 3.05) is 12.9 Å². The van der Waals surface area contributed by atoms with Gasteiger partial charge in [-0.15, -0.1) is 0 Å². The van der Waals surface area contributed by atoms with Crippen molar-refractivity contribution in [1.82, 2.24) is 4.72 Å². The van der Waals surface area contributed by atoms with Crippen LogP contribution in [0.15, 0.2) is 48.5 Å². The summed E-state index contributed by atoms with van der Waals surface area (Å²) < 4.78 is 30.3. The summed E-state index contributed by atoms with van der Waals surface area (Å²) in [5.74, 6) is -0.0572. The summed E-state index contributed by atoms with van der Waals surface area (Å²) in [4.78, 5) is 12.2. The zero-order valence-electron chi connectivity index (χ0n) is 13.9. The molecule has 0 spiro atoms. The van der Waals surface area contributed by atoms with Crippen molar-refractivity contribution in [1.29, 1.82) is 0 Å². The van der Waals surface area contributed by atoms with Crippen molar-refractivity contribution in [2.45, 2.75) is 13.8 Å². The lowest BCUT2D eigenvalue weighted by atomic mass is 10.0. The smallest absolute Gasteiger partial charge is 0.268 e. The highest BCUT2D eigenvalue weighted by molar-refractivity contribution is 7.89. The van der Waals surface area contributed by atoms with E-state index >= 15 is 0 Å². The number of hydrogen-bond acceptors (Lipinski definition) is 4. The van der Waals surface area contributed by atoms with Gasteiger partial charge in [-0.3, -0.25) is 4.79 Å². The van der Waals surface area contributed by atoms with Crippen molar-refractivity contribution < 1.29 is 17.9 Å². The molecule has 0 heterocycles. The van der Waals surface area contributed by atoms with E-state index < -0.39 is 15.9 Å². The van der Waals surface area contributed by atoms with Gasteiger partial charge in [0.2, 0.25) is 10.0 Å². The Morgan fingerprint density at radius 1 is 1.08 bits per heavy atom. The van der Waals surface area contributed by atoms with Crippen LogP contribution < -0.4 is 9.46 Å². The van der Waals surface area contributed by atoms with E-state index in [4.69, 9.17) is 4.74 Å². The van der Waals surface area contributed by atoms with Gasteiger partial charge < -0.3 is 4.74 Å². The molecule has 0 atom stereocenters. The fourth-order valence-electron chi connectivity index (χ4n) is 2.12. The Morgan fingerprint density at radius 2 is 1.75 bits per heavy atom. The molecule has 0 fully saturated rings. The lowest BCUT2D eigenvalue weighted by molar-refractivity contribution is 0.0977. The molecular formula is C18H21NO4S. The number of hydrogen-bond donors (Lipinski definition) is 1. The maximum absolute atomic E-state index is 12.2. The van der Waals surface area contributed by atoms with Gasteiger partial charge in [0.15, 0.2) is 0 Å². The first-order valence-electron chi connectivity index (χ1n) is 7.60. The van der Waals surface area contributed by atoms with Crippen LogP contribution in [0.5, 0.6) is 5.75 Å². The van der Waals surface area contributed by atoms with Gasteiger partial charge >= 0.3 is 0 Å². The minimum Gasteiger partial charge on any atom is -0.492 e. The van der Waals surface area contributed by atoms with E-state index in [0.29, 0.717) is 12.4 Å². The van der Waals surface area contributed by atoms with Crippen molar-refractivity contribution in [3.8, 4) is 16.9 Å². The summed E-state index contributed by atoms with van der Waals surface area (Å²) in [6.07, 6.45) is 0.942. The summed E-state index contributed by atoms with van der Waals surface area (Å²) in [5.41, 5.74) is 2.08. The molecule has 0 aliphatic carbocycles. The second-order valence-corrected chi connectivity index (χ2v) is 7.73. The summed E-state index contributed by atoms with van der Waals surface area (Å²) in [6.45, 7) is 4.42. The molecule has 6 heteroatoms. The molecule has 2 aromatic rings. The highest BCUT2D eigenvalue weighted by atomic mass is 32.2. The van der Waals surface area contributed by atoms with Gasteiger partial charge in [-0.2, -0.15) is 0 Å². The Morgan fingerprint density at radius 3 is 2.33 bits per heavy atom. The third kappa shape index (κ3) is 5.09. The molecule has 0 aromatic heterocycles. The molecular weight excluding hydrogens is 326 g/mol. The van der Waals surface area contributed by atoms with Crippen LogP contribution in [0.3, 0.4) is 0 Å². The van der Waals surface area contributed by atoms with Gasteiger partial charge in [-0.05, 0) is 29.2 Å². The van der Waals surface area contributed by atoms with Crippen molar-refractivity contribution in [3.05, 3.63) is 54.1 Å². The third-order valence-corrected chi connectivity index (χ3v) is 3.74. The van der Waals surface area contributed by atoms with Crippen molar-refractivity contribution >= 4 is 15.9 Å². The van der Waals surface area contributed by atoms with E-state index in [9.17, 15) is 13.2 Å². The molecule has 1 N–H and O–H groups in total. The zero-order chi connectivity index (χ0) is 17.7. The second-order valence-electron chi connectivity index (χ2n) is 5.99. The maximum Gasteiger partial charge on any atom is 0.268 e. The lowest BCUT2D eigenvalue weighted by Gasteiger charge is -2.14. The highest BCUT2D eigenvalue weighted by Crippen LogP contribution is 2.28. The molecule has 128 valence electrons. The van der Waals surface area contributed by atoms with Gasteiger partial charge in [0.1, 0.15) is 5.75 Å². The Hall–Kier alpha value is -2.34. The molecule has 0 saturated carbocycles. The van der Waals surface area contributed by atoms with E-state index in [1.807, 2.05) is 48.9 Å². The Labute approximate surface area is 142 Å². The molecule has 0 saturated heterocycles. The molecule has 0 radical (unpaired) electrons. The van der Waals surface area contributed by atoms with Crippen LogP contribution in [0.2, 0.25) is 0 Å². The number of nitrogens with one attached hydrogen (secondary N) is 1. The normalized spacial score (nSPS) is 11.3. The maximum atomic E-state index is 12.2. The summed E-state index contributed by atoms with van der Waals surface area (Å²) in [5, 5.41) is 0. The largest absolute Gasteiger partial charge is 0.492 e. The highest BCUT2D eigenvalue weighted by Gasteiger charge is 2.17. The van der Waals surface area contributed by atoms with Crippen LogP contribution in [-0.4, -0.2) is 27.2 Å². The number of carbonyl (C=O) groups is 1. The molecule has 2 aromatic carbocycles. The van der Waals surface area contributed by atoms with Crippen LogP contribution in [0.25, 0.3) is 11.1 Å². The first kappa shape index (κ1) is 18.0. The van der Waals surface area contributed by atoms with Crippen molar-refractivity contribution in [2.24, 2.45) is 5.92 Å². The SMILES string of the molecule is CC(C)COc1cc(-c2ccccc2)ccc1C(=O)NS(C)(=O)=O. The van der Waals surface area contributed by atoms with Gasteiger partial charge in [0, 0.05) is 0 Å². The van der Waals surface area contributed by atoms with Gasteiger partial charge in [-0.1, -0.05) is 50.2 Å². The average Bonchev–Trinajstić information content (AvgIpc) is 2.51. The van der Waals surface area contributed by atoms with Crippen molar-refractivity contribution in [3.63, 3.8) is 0 Å². The Balaban J connectivity index is 2.40. The topological polar surface area (TPSA) is 72.5 Å². The van der Waals surface area contributed by atoms with E-state index in [1.165, 1.54) is 0 Å². The number of amides is 1. The standard InChI is InChI=1S/C18H21NO4S/c1-13(2)12-23-17-11-15(14-7-5-4-6-8-14)9-10-16(17)18(20)19-24(3,21)22/h4-11,13H,12H2,1-3H3,(H,19,20). The molecule has 2 rings (SSSR count). The number of ether oxygens (including phenoxy) is 1. The predicted octanol–water partition coefficient (Wildman–Crippen LogP) is 3.08. The minimum absolute atomic E-state index is 0.195. The number of rotatable bonds is 6. The summed E-state index contributed by atoms with van der Waals surface area (Å²) >= 11 is 0. The third-order valence-electron chi connectivity index (χ3n) is 3.18. The fourth-order valence-corrected chi connectivity index (χ4v) is 2.57. The minimum atomic E-state index is -3.64. The first-order valence-corrected chi connectivity index (χ1v) is 9.50. The summed E-state index contributed by atoms with van der Waals surface area (Å²) in [6, 6.07) is 14.8. The molecule has 0 bridgehead atoms. The predicted molar refractivity (Wildman–Crippen MR) is 94.5 cm³/mol. The Bertz CT molecular complexity index is 814. The lowest BCUT2D eigenvalue weighted by Crippen LogP contribution is -2.29. The first-order chi connectivity index (χ1) is 11.3. The Kier molecular flexibility index (Phi) is 5.62. The molecule has 0 aliphatic rings. The molecule has 1 amide bonds. The van der Waals surface area contributed by atoms with Gasteiger partial charge in [0.05, 0.1) is 18.4 Å². The van der Waals surface area contributed by atoms with Crippen LogP contribution in [0, 0.1) is 5.92 Å².